The molecule has 2 N–H and O–H groups in total. The molecule has 1 aromatic rings. The average Bonchev–Trinajstić information content (AvgIpc) is 2.99. The van der Waals surface area contributed by atoms with E-state index in [1.165, 1.54) is 0 Å². The first-order valence-electron chi connectivity index (χ1n) is 5.05. The standard InChI is InChI=1S/C12H15NO2/c1-8-3-4-9(7-10(8)15-2)12(5-6-12)11(13)14/h3-4,7H,5-6H2,1-2H3,(H2,13,14). The molecule has 0 heterocycles. The summed E-state index contributed by atoms with van der Waals surface area (Å²) in [6, 6.07) is 5.86. The molecule has 1 fully saturated rings. The van der Waals surface area contributed by atoms with Gasteiger partial charge >= 0.3 is 0 Å². The Morgan fingerprint density at radius 2 is 2.13 bits per heavy atom. The second-order valence-electron chi connectivity index (χ2n) is 4.13. The minimum Gasteiger partial charge on any atom is -0.496 e. The topological polar surface area (TPSA) is 52.3 Å². The molecule has 0 unspecified atom stereocenters. The van der Waals surface area contributed by atoms with Crippen LogP contribution in [0.3, 0.4) is 0 Å². The normalized spacial score (nSPS) is 17.2. The molecule has 0 spiro atoms. The fraction of sp³-hybridized carbons (Fsp3) is 0.417. The zero-order valence-corrected chi connectivity index (χ0v) is 9.04. The number of ether oxygens (including phenoxy) is 1. The number of carbonyl (C=O) groups excluding carboxylic acids is 1. The summed E-state index contributed by atoms with van der Waals surface area (Å²) in [7, 11) is 1.63. The van der Waals surface area contributed by atoms with E-state index in [2.05, 4.69) is 0 Å². The number of hydrogen-bond donors (Lipinski definition) is 1. The number of benzene rings is 1. The van der Waals surface area contributed by atoms with Crippen molar-refractivity contribution in [3.8, 4) is 5.75 Å². The van der Waals surface area contributed by atoms with Crippen LogP contribution in [0.15, 0.2) is 18.2 Å². The number of primary amides is 1. The van der Waals surface area contributed by atoms with E-state index in [0.29, 0.717) is 0 Å². The fourth-order valence-corrected chi connectivity index (χ4v) is 1.92. The van der Waals surface area contributed by atoms with Gasteiger partial charge in [0, 0.05) is 0 Å². The Hall–Kier alpha value is -1.51. The maximum atomic E-state index is 11.3. The lowest BCUT2D eigenvalue weighted by Gasteiger charge is -2.13. The van der Waals surface area contributed by atoms with Crippen LogP contribution in [0.4, 0.5) is 0 Å². The minimum absolute atomic E-state index is 0.228. The van der Waals surface area contributed by atoms with Crippen LogP contribution in [-0.2, 0) is 10.2 Å². The molecule has 1 saturated carbocycles. The van der Waals surface area contributed by atoms with Crippen molar-refractivity contribution in [3.63, 3.8) is 0 Å². The number of hydrogen-bond acceptors (Lipinski definition) is 2. The third-order valence-corrected chi connectivity index (χ3v) is 3.18. The smallest absolute Gasteiger partial charge is 0.228 e. The van der Waals surface area contributed by atoms with Gasteiger partial charge in [-0.1, -0.05) is 12.1 Å². The number of rotatable bonds is 3. The first kappa shape index (κ1) is 10.0. The summed E-state index contributed by atoms with van der Waals surface area (Å²) in [5.41, 5.74) is 7.05. The van der Waals surface area contributed by atoms with E-state index in [1.807, 2.05) is 25.1 Å². The molecule has 3 heteroatoms. The quantitative estimate of drug-likeness (QED) is 0.813. The first-order valence-corrected chi connectivity index (χ1v) is 5.05. The zero-order chi connectivity index (χ0) is 11.1. The predicted molar refractivity (Wildman–Crippen MR) is 57.8 cm³/mol. The monoisotopic (exact) mass is 205 g/mol. The van der Waals surface area contributed by atoms with Crippen molar-refractivity contribution >= 4 is 5.91 Å². The molecule has 1 amide bonds. The average molecular weight is 205 g/mol. The van der Waals surface area contributed by atoms with E-state index in [-0.39, 0.29) is 5.91 Å². The molecule has 1 aromatic carbocycles. The number of methoxy groups -OCH3 is 1. The van der Waals surface area contributed by atoms with Gasteiger partial charge < -0.3 is 10.5 Å². The zero-order valence-electron chi connectivity index (χ0n) is 9.04. The summed E-state index contributed by atoms with van der Waals surface area (Å²) in [6.45, 7) is 1.98. The summed E-state index contributed by atoms with van der Waals surface area (Å²) in [5.74, 6) is 0.591. The summed E-state index contributed by atoms with van der Waals surface area (Å²) >= 11 is 0. The van der Waals surface area contributed by atoms with Crippen LogP contribution in [0.1, 0.15) is 24.0 Å². The second kappa shape index (κ2) is 3.26. The molecule has 0 saturated heterocycles. The van der Waals surface area contributed by atoms with Crippen LogP contribution in [0.2, 0.25) is 0 Å². The number of aryl methyl sites for hydroxylation is 1. The van der Waals surface area contributed by atoms with Gasteiger partial charge in [0.2, 0.25) is 5.91 Å². The fourth-order valence-electron chi connectivity index (χ4n) is 1.92. The Morgan fingerprint density at radius 1 is 1.47 bits per heavy atom. The molecule has 0 aromatic heterocycles. The van der Waals surface area contributed by atoms with Crippen LogP contribution in [0.25, 0.3) is 0 Å². The molecule has 80 valence electrons. The lowest BCUT2D eigenvalue weighted by atomic mass is 9.94. The highest BCUT2D eigenvalue weighted by Crippen LogP contribution is 2.48. The number of carbonyl (C=O) groups is 1. The van der Waals surface area contributed by atoms with Crippen molar-refractivity contribution in [2.75, 3.05) is 7.11 Å². The first-order chi connectivity index (χ1) is 7.10. The molecule has 2 rings (SSSR count). The SMILES string of the molecule is COc1cc(C2(C(N)=O)CC2)ccc1C. The van der Waals surface area contributed by atoms with Gasteiger partial charge in [-0.3, -0.25) is 4.79 Å². The summed E-state index contributed by atoms with van der Waals surface area (Å²) in [6.07, 6.45) is 1.71. The van der Waals surface area contributed by atoms with Crippen molar-refractivity contribution in [1.82, 2.24) is 0 Å². The third-order valence-electron chi connectivity index (χ3n) is 3.18. The van der Waals surface area contributed by atoms with E-state index >= 15 is 0 Å². The van der Waals surface area contributed by atoms with Gasteiger partial charge in [-0.2, -0.15) is 0 Å². The maximum Gasteiger partial charge on any atom is 0.228 e. The van der Waals surface area contributed by atoms with Gasteiger partial charge in [0.25, 0.3) is 0 Å². The molecule has 0 atom stereocenters. The van der Waals surface area contributed by atoms with Crippen LogP contribution in [0, 0.1) is 6.92 Å². The second-order valence-corrected chi connectivity index (χ2v) is 4.13. The highest BCUT2D eigenvalue weighted by atomic mass is 16.5. The van der Waals surface area contributed by atoms with Gasteiger partial charge in [0.15, 0.2) is 0 Å². The maximum absolute atomic E-state index is 11.3. The van der Waals surface area contributed by atoms with E-state index in [4.69, 9.17) is 10.5 Å². The van der Waals surface area contributed by atoms with E-state index < -0.39 is 5.41 Å². The number of nitrogens with two attached hydrogens (primary N) is 1. The molecule has 0 radical (unpaired) electrons. The molecule has 0 bridgehead atoms. The number of amides is 1. The summed E-state index contributed by atoms with van der Waals surface area (Å²) in [5, 5.41) is 0. The van der Waals surface area contributed by atoms with Crippen molar-refractivity contribution < 1.29 is 9.53 Å². The highest BCUT2D eigenvalue weighted by Gasteiger charge is 2.50. The van der Waals surface area contributed by atoms with Gasteiger partial charge in [-0.15, -0.1) is 0 Å². The molecule has 15 heavy (non-hydrogen) atoms. The molecule has 1 aliphatic rings. The Morgan fingerprint density at radius 3 is 2.60 bits per heavy atom. The third kappa shape index (κ3) is 1.48. The lowest BCUT2D eigenvalue weighted by Crippen LogP contribution is -2.28. The Balaban J connectivity index is 2.42. The Kier molecular flexibility index (Phi) is 2.18. The van der Waals surface area contributed by atoms with Crippen molar-refractivity contribution in [3.05, 3.63) is 29.3 Å². The van der Waals surface area contributed by atoms with Crippen LogP contribution < -0.4 is 10.5 Å². The van der Waals surface area contributed by atoms with Gasteiger partial charge in [0.05, 0.1) is 12.5 Å². The lowest BCUT2D eigenvalue weighted by molar-refractivity contribution is -0.120. The Bertz CT molecular complexity index is 408. The van der Waals surface area contributed by atoms with Crippen molar-refractivity contribution in [2.24, 2.45) is 5.73 Å². The largest absolute Gasteiger partial charge is 0.496 e. The molecular weight excluding hydrogens is 190 g/mol. The summed E-state index contributed by atoms with van der Waals surface area (Å²) < 4.78 is 5.24. The van der Waals surface area contributed by atoms with Crippen LogP contribution in [0.5, 0.6) is 5.75 Å². The van der Waals surface area contributed by atoms with E-state index in [0.717, 1.165) is 29.7 Å². The van der Waals surface area contributed by atoms with Crippen molar-refractivity contribution in [2.45, 2.75) is 25.2 Å². The highest BCUT2D eigenvalue weighted by molar-refractivity contribution is 5.90. The molecule has 0 aliphatic heterocycles. The Labute approximate surface area is 89.2 Å². The molecule has 3 nitrogen and oxygen atoms in total. The van der Waals surface area contributed by atoms with E-state index in [9.17, 15) is 4.79 Å². The molecular formula is C12H15NO2. The minimum atomic E-state index is -0.416. The van der Waals surface area contributed by atoms with Gasteiger partial charge in [-0.05, 0) is 37.0 Å². The predicted octanol–water partition coefficient (Wildman–Crippen LogP) is 1.52. The van der Waals surface area contributed by atoms with Crippen LogP contribution in [-0.4, -0.2) is 13.0 Å². The summed E-state index contributed by atoms with van der Waals surface area (Å²) in [4.78, 5) is 11.3. The van der Waals surface area contributed by atoms with Gasteiger partial charge in [-0.25, -0.2) is 0 Å². The van der Waals surface area contributed by atoms with Gasteiger partial charge in [0.1, 0.15) is 5.75 Å². The van der Waals surface area contributed by atoms with Crippen LogP contribution >= 0.6 is 0 Å². The van der Waals surface area contributed by atoms with E-state index in [1.54, 1.807) is 7.11 Å². The van der Waals surface area contributed by atoms with Crippen molar-refractivity contribution in [1.29, 1.82) is 0 Å². The molecule has 1 aliphatic carbocycles.